The van der Waals surface area contributed by atoms with E-state index in [2.05, 4.69) is 11.9 Å². The standard InChI is InChI=1S/C14H21FN2O2/c1-17-6-7-18-13(9-17)10-19-14-3-2-12(15)8-11(14)4-5-16/h2-3,8,13H,4-7,9-10,16H2,1H3. The van der Waals surface area contributed by atoms with E-state index in [9.17, 15) is 4.39 Å². The van der Waals surface area contributed by atoms with Gasteiger partial charge in [-0.15, -0.1) is 0 Å². The van der Waals surface area contributed by atoms with Gasteiger partial charge in [0.25, 0.3) is 0 Å². The van der Waals surface area contributed by atoms with Crippen LogP contribution in [0.2, 0.25) is 0 Å². The van der Waals surface area contributed by atoms with Gasteiger partial charge in [0.15, 0.2) is 0 Å². The van der Waals surface area contributed by atoms with E-state index in [1.807, 2.05) is 0 Å². The van der Waals surface area contributed by atoms with Crippen LogP contribution < -0.4 is 10.5 Å². The molecular formula is C14H21FN2O2. The average Bonchev–Trinajstić information content (AvgIpc) is 2.38. The summed E-state index contributed by atoms with van der Waals surface area (Å²) in [4.78, 5) is 2.21. The molecule has 1 atom stereocenters. The molecule has 1 saturated heterocycles. The molecule has 0 radical (unpaired) electrons. The molecule has 0 bridgehead atoms. The molecule has 1 aromatic rings. The maximum absolute atomic E-state index is 13.2. The monoisotopic (exact) mass is 268 g/mol. The molecule has 1 aliphatic rings. The van der Waals surface area contributed by atoms with E-state index in [0.717, 1.165) is 25.3 Å². The molecule has 1 aromatic carbocycles. The summed E-state index contributed by atoms with van der Waals surface area (Å²) in [5.74, 6) is 0.438. The minimum atomic E-state index is -0.260. The summed E-state index contributed by atoms with van der Waals surface area (Å²) in [6.45, 7) is 3.48. The predicted octanol–water partition coefficient (Wildman–Crippen LogP) is 1.04. The van der Waals surface area contributed by atoms with Gasteiger partial charge in [-0.3, -0.25) is 0 Å². The number of morpholine rings is 1. The van der Waals surface area contributed by atoms with Crippen LogP contribution in [0, 0.1) is 5.82 Å². The third-order valence-corrected chi connectivity index (χ3v) is 3.20. The summed E-state index contributed by atoms with van der Waals surface area (Å²) >= 11 is 0. The molecule has 19 heavy (non-hydrogen) atoms. The van der Waals surface area contributed by atoms with Crippen molar-refractivity contribution in [2.24, 2.45) is 5.73 Å². The van der Waals surface area contributed by atoms with Crippen LogP contribution >= 0.6 is 0 Å². The molecule has 5 heteroatoms. The van der Waals surface area contributed by atoms with E-state index in [-0.39, 0.29) is 11.9 Å². The van der Waals surface area contributed by atoms with Crippen molar-refractivity contribution in [3.05, 3.63) is 29.6 Å². The van der Waals surface area contributed by atoms with Gasteiger partial charge in [0.1, 0.15) is 24.3 Å². The second kappa shape index (κ2) is 6.84. The van der Waals surface area contributed by atoms with Crippen molar-refractivity contribution < 1.29 is 13.9 Å². The average molecular weight is 268 g/mol. The first-order valence-electron chi connectivity index (χ1n) is 6.60. The zero-order chi connectivity index (χ0) is 13.7. The topological polar surface area (TPSA) is 47.7 Å². The third kappa shape index (κ3) is 4.16. The lowest BCUT2D eigenvalue weighted by molar-refractivity contribution is -0.0404. The fraction of sp³-hybridized carbons (Fsp3) is 0.571. The Hall–Kier alpha value is -1.17. The minimum absolute atomic E-state index is 0.0644. The van der Waals surface area contributed by atoms with Crippen LogP contribution in [0.1, 0.15) is 5.56 Å². The van der Waals surface area contributed by atoms with Gasteiger partial charge < -0.3 is 20.1 Å². The Kier molecular flexibility index (Phi) is 5.13. The van der Waals surface area contributed by atoms with Gasteiger partial charge in [0.05, 0.1) is 6.61 Å². The van der Waals surface area contributed by atoms with Gasteiger partial charge >= 0.3 is 0 Å². The van der Waals surface area contributed by atoms with Crippen molar-refractivity contribution in [2.75, 3.05) is 39.9 Å². The van der Waals surface area contributed by atoms with Gasteiger partial charge in [0.2, 0.25) is 0 Å². The summed E-state index contributed by atoms with van der Waals surface area (Å²) < 4.78 is 24.6. The van der Waals surface area contributed by atoms with E-state index in [1.165, 1.54) is 12.1 Å². The molecule has 106 valence electrons. The highest BCUT2D eigenvalue weighted by molar-refractivity contribution is 5.34. The fourth-order valence-corrected chi connectivity index (χ4v) is 2.19. The van der Waals surface area contributed by atoms with Crippen LogP contribution in [0.3, 0.4) is 0 Å². The molecule has 4 nitrogen and oxygen atoms in total. The normalized spacial score (nSPS) is 20.5. The number of ether oxygens (including phenoxy) is 2. The van der Waals surface area contributed by atoms with Crippen molar-refractivity contribution in [1.29, 1.82) is 0 Å². The Morgan fingerprint density at radius 2 is 2.37 bits per heavy atom. The van der Waals surface area contributed by atoms with Crippen molar-refractivity contribution >= 4 is 0 Å². The SMILES string of the molecule is CN1CCOC(COc2ccc(F)cc2CCN)C1. The zero-order valence-electron chi connectivity index (χ0n) is 11.3. The van der Waals surface area contributed by atoms with Crippen LogP contribution in [0.25, 0.3) is 0 Å². The van der Waals surface area contributed by atoms with Crippen molar-refractivity contribution in [2.45, 2.75) is 12.5 Å². The molecule has 0 saturated carbocycles. The third-order valence-electron chi connectivity index (χ3n) is 3.20. The quantitative estimate of drug-likeness (QED) is 0.866. The highest BCUT2D eigenvalue weighted by Gasteiger charge is 2.18. The van der Waals surface area contributed by atoms with Crippen LogP contribution in [-0.2, 0) is 11.2 Å². The van der Waals surface area contributed by atoms with E-state index in [0.29, 0.717) is 25.3 Å². The molecule has 0 aromatic heterocycles. The van der Waals surface area contributed by atoms with Gasteiger partial charge in [-0.1, -0.05) is 0 Å². The van der Waals surface area contributed by atoms with E-state index in [1.54, 1.807) is 6.07 Å². The molecule has 1 fully saturated rings. The first-order valence-corrected chi connectivity index (χ1v) is 6.60. The van der Waals surface area contributed by atoms with Gasteiger partial charge in [-0.2, -0.15) is 0 Å². The van der Waals surface area contributed by atoms with Crippen LogP contribution in [0.4, 0.5) is 4.39 Å². The molecule has 0 spiro atoms. The maximum Gasteiger partial charge on any atom is 0.123 e. The van der Waals surface area contributed by atoms with E-state index >= 15 is 0 Å². The zero-order valence-corrected chi connectivity index (χ0v) is 11.3. The second-order valence-corrected chi connectivity index (χ2v) is 4.86. The molecule has 1 heterocycles. The Bertz CT molecular complexity index is 414. The fourth-order valence-electron chi connectivity index (χ4n) is 2.19. The Balaban J connectivity index is 1.94. The molecule has 0 amide bonds. The number of nitrogens with two attached hydrogens (primary N) is 1. The number of hydrogen-bond donors (Lipinski definition) is 1. The summed E-state index contributed by atoms with van der Waals surface area (Å²) in [5.41, 5.74) is 6.34. The molecule has 0 aliphatic carbocycles. The smallest absolute Gasteiger partial charge is 0.123 e. The Labute approximate surface area is 113 Å². The van der Waals surface area contributed by atoms with Crippen LogP contribution in [0.5, 0.6) is 5.75 Å². The molecule has 2 N–H and O–H groups in total. The maximum atomic E-state index is 13.2. The summed E-state index contributed by atoms with van der Waals surface area (Å²) in [6, 6.07) is 4.55. The lowest BCUT2D eigenvalue weighted by atomic mass is 10.1. The van der Waals surface area contributed by atoms with E-state index in [4.69, 9.17) is 15.2 Å². The number of nitrogens with zero attached hydrogens (tertiary/aromatic N) is 1. The summed E-state index contributed by atoms with van der Waals surface area (Å²) in [5, 5.41) is 0. The Morgan fingerprint density at radius 3 is 3.11 bits per heavy atom. The van der Waals surface area contributed by atoms with Gasteiger partial charge in [-0.05, 0) is 43.8 Å². The van der Waals surface area contributed by atoms with Gasteiger partial charge in [-0.25, -0.2) is 4.39 Å². The van der Waals surface area contributed by atoms with Gasteiger partial charge in [0, 0.05) is 13.1 Å². The predicted molar refractivity (Wildman–Crippen MR) is 71.9 cm³/mol. The first-order chi connectivity index (χ1) is 9.19. The number of halogens is 1. The highest BCUT2D eigenvalue weighted by atomic mass is 19.1. The number of rotatable bonds is 5. The lowest BCUT2D eigenvalue weighted by Gasteiger charge is -2.30. The van der Waals surface area contributed by atoms with E-state index < -0.39 is 0 Å². The van der Waals surface area contributed by atoms with Crippen molar-refractivity contribution in [1.82, 2.24) is 4.90 Å². The lowest BCUT2D eigenvalue weighted by Crippen LogP contribution is -2.42. The molecule has 1 unspecified atom stereocenters. The first kappa shape index (κ1) is 14.2. The van der Waals surface area contributed by atoms with Crippen LogP contribution in [0.15, 0.2) is 18.2 Å². The number of likely N-dealkylation sites (N-methyl/N-ethyl adjacent to an activating group) is 1. The Morgan fingerprint density at radius 1 is 1.53 bits per heavy atom. The van der Waals surface area contributed by atoms with Crippen molar-refractivity contribution in [3.63, 3.8) is 0 Å². The summed E-state index contributed by atoms with van der Waals surface area (Å²) in [7, 11) is 2.06. The molecule has 1 aliphatic heterocycles. The summed E-state index contributed by atoms with van der Waals surface area (Å²) in [6.07, 6.45) is 0.674. The largest absolute Gasteiger partial charge is 0.491 e. The molecular weight excluding hydrogens is 247 g/mol. The number of benzene rings is 1. The molecule has 2 rings (SSSR count). The highest BCUT2D eigenvalue weighted by Crippen LogP contribution is 2.20. The van der Waals surface area contributed by atoms with Crippen LogP contribution in [-0.4, -0.2) is 50.9 Å². The van der Waals surface area contributed by atoms with Crippen molar-refractivity contribution in [3.8, 4) is 5.75 Å². The second-order valence-electron chi connectivity index (χ2n) is 4.86. The number of hydrogen-bond acceptors (Lipinski definition) is 4. The minimum Gasteiger partial charge on any atom is -0.491 e.